The van der Waals surface area contributed by atoms with Crippen molar-refractivity contribution in [3.05, 3.63) is 80.5 Å². The first-order valence-corrected chi connectivity index (χ1v) is 8.88. The van der Waals surface area contributed by atoms with E-state index in [0.717, 1.165) is 0 Å². The van der Waals surface area contributed by atoms with Crippen molar-refractivity contribution < 1.29 is 9.59 Å². The highest BCUT2D eigenvalue weighted by molar-refractivity contribution is 7.12. The van der Waals surface area contributed by atoms with E-state index in [2.05, 4.69) is 10.6 Å². The molecule has 0 spiro atoms. The maximum atomic E-state index is 12.4. The summed E-state index contributed by atoms with van der Waals surface area (Å²) < 4.78 is 0. The second-order valence-electron chi connectivity index (χ2n) is 5.07. The normalized spacial score (nSPS) is 10.3. The maximum Gasteiger partial charge on any atom is 0.265 e. The molecule has 0 aliphatic carbocycles. The first-order valence-electron chi connectivity index (χ1n) is 7.25. The third-order valence-electron chi connectivity index (χ3n) is 3.33. The van der Waals surface area contributed by atoms with Gasteiger partial charge in [-0.25, -0.2) is 0 Å². The Bertz CT molecular complexity index is 927. The van der Waals surface area contributed by atoms with Gasteiger partial charge >= 0.3 is 0 Å². The van der Waals surface area contributed by atoms with Crippen LogP contribution in [0.15, 0.2) is 60.0 Å². The van der Waals surface area contributed by atoms with Crippen molar-refractivity contribution >= 4 is 57.7 Å². The second-order valence-corrected chi connectivity index (χ2v) is 6.80. The van der Waals surface area contributed by atoms with Crippen LogP contribution >= 0.6 is 34.5 Å². The predicted octanol–water partition coefficient (Wildman–Crippen LogP) is 5.56. The summed E-state index contributed by atoms with van der Waals surface area (Å²) >= 11 is 13.4. The molecule has 2 amide bonds. The zero-order valence-electron chi connectivity index (χ0n) is 12.8. The molecule has 0 bridgehead atoms. The third kappa shape index (κ3) is 4.20. The predicted molar refractivity (Wildman–Crippen MR) is 103 cm³/mol. The van der Waals surface area contributed by atoms with E-state index in [0.29, 0.717) is 26.8 Å². The molecular weight excluding hydrogens is 379 g/mol. The van der Waals surface area contributed by atoms with Crippen LogP contribution in [0.3, 0.4) is 0 Å². The Morgan fingerprint density at radius 3 is 2.44 bits per heavy atom. The first kappa shape index (κ1) is 17.5. The lowest BCUT2D eigenvalue weighted by molar-refractivity contribution is 0.101. The molecule has 4 nitrogen and oxygen atoms in total. The standard InChI is InChI=1S/C18H12Cl2N2O2S/c19-13-6-2-7-14(16(13)20)22-17(23)11-4-1-5-12(10-11)21-18(24)15-8-3-9-25-15/h1-10H,(H,21,24)(H,22,23). The topological polar surface area (TPSA) is 58.2 Å². The highest BCUT2D eigenvalue weighted by Crippen LogP contribution is 2.30. The van der Waals surface area contributed by atoms with Crippen molar-refractivity contribution in [2.75, 3.05) is 10.6 Å². The van der Waals surface area contributed by atoms with Gasteiger partial charge in [0.15, 0.2) is 0 Å². The monoisotopic (exact) mass is 390 g/mol. The van der Waals surface area contributed by atoms with E-state index in [9.17, 15) is 9.59 Å². The molecule has 1 aromatic heterocycles. The summed E-state index contributed by atoms with van der Waals surface area (Å²) in [5.41, 5.74) is 1.34. The van der Waals surface area contributed by atoms with E-state index in [1.54, 1.807) is 54.6 Å². The molecule has 0 aliphatic heterocycles. The highest BCUT2D eigenvalue weighted by Gasteiger charge is 2.12. The Kier molecular flexibility index (Phi) is 5.38. The van der Waals surface area contributed by atoms with Crippen LogP contribution in [0.5, 0.6) is 0 Å². The number of nitrogens with one attached hydrogen (secondary N) is 2. The van der Waals surface area contributed by atoms with Gasteiger partial charge in [-0.15, -0.1) is 11.3 Å². The van der Waals surface area contributed by atoms with Gasteiger partial charge in [-0.3, -0.25) is 9.59 Å². The number of thiophene rings is 1. The Labute approximate surface area is 158 Å². The molecule has 1 heterocycles. The number of carbonyl (C=O) groups is 2. The highest BCUT2D eigenvalue weighted by atomic mass is 35.5. The molecule has 7 heteroatoms. The van der Waals surface area contributed by atoms with Crippen LogP contribution < -0.4 is 10.6 Å². The van der Waals surface area contributed by atoms with Gasteiger partial charge in [-0.05, 0) is 41.8 Å². The minimum absolute atomic E-state index is 0.217. The first-order chi connectivity index (χ1) is 12.0. The summed E-state index contributed by atoms with van der Waals surface area (Å²) in [7, 11) is 0. The Morgan fingerprint density at radius 2 is 1.68 bits per heavy atom. The van der Waals surface area contributed by atoms with E-state index < -0.39 is 0 Å². The Morgan fingerprint density at radius 1 is 0.880 bits per heavy atom. The second kappa shape index (κ2) is 7.70. The Hall–Kier alpha value is -2.34. The quantitative estimate of drug-likeness (QED) is 0.612. The van der Waals surface area contributed by atoms with E-state index in [1.165, 1.54) is 11.3 Å². The van der Waals surface area contributed by atoms with Crippen molar-refractivity contribution in [1.29, 1.82) is 0 Å². The van der Waals surface area contributed by atoms with Gasteiger partial charge in [-0.1, -0.05) is 41.4 Å². The number of hydrogen-bond donors (Lipinski definition) is 2. The number of anilines is 2. The van der Waals surface area contributed by atoms with Crippen LogP contribution in [0, 0.1) is 0 Å². The molecule has 25 heavy (non-hydrogen) atoms. The van der Waals surface area contributed by atoms with Gasteiger partial charge < -0.3 is 10.6 Å². The van der Waals surface area contributed by atoms with E-state index in [1.807, 2.05) is 5.38 Å². The van der Waals surface area contributed by atoms with Gasteiger partial charge in [-0.2, -0.15) is 0 Å². The molecule has 0 saturated heterocycles. The summed E-state index contributed by atoms with van der Waals surface area (Å²) in [5, 5.41) is 7.94. The third-order valence-corrected chi connectivity index (χ3v) is 5.01. The molecule has 126 valence electrons. The fraction of sp³-hybridized carbons (Fsp3) is 0. The molecule has 0 saturated carbocycles. The summed E-state index contributed by atoms with van der Waals surface area (Å²) in [6.45, 7) is 0. The SMILES string of the molecule is O=C(Nc1cccc(Cl)c1Cl)c1cccc(NC(=O)c2cccs2)c1. The molecule has 0 fully saturated rings. The molecule has 2 aromatic carbocycles. The van der Waals surface area contributed by atoms with Crippen molar-refractivity contribution in [2.24, 2.45) is 0 Å². The summed E-state index contributed by atoms with van der Waals surface area (Å²) in [5.74, 6) is -0.568. The van der Waals surface area contributed by atoms with Gasteiger partial charge in [0.2, 0.25) is 0 Å². The Balaban J connectivity index is 1.75. The summed E-state index contributed by atoms with van der Waals surface area (Å²) in [6.07, 6.45) is 0. The van der Waals surface area contributed by atoms with Gasteiger partial charge in [0.05, 0.1) is 20.6 Å². The minimum atomic E-state index is -0.351. The fourth-order valence-electron chi connectivity index (χ4n) is 2.13. The van der Waals surface area contributed by atoms with Crippen LogP contribution in [-0.4, -0.2) is 11.8 Å². The van der Waals surface area contributed by atoms with Crippen LogP contribution in [0.1, 0.15) is 20.0 Å². The van der Waals surface area contributed by atoms with Crippen LogP contribution in [0.4, 0.5) is 11.4 Å². The number of halogens is 2. The lowest BCUT2D eigenvalue weighted by Gasteiger charge is -2.09. The average molecular weight is 391 g/mol. The lowest BCUT2D eigenvalue weighted by Crippen LogP contribution is -2.14. The zero-order chi connectivity index (χ0) is 17.8. The molecule has 3 aromatic rings. The number of hydrogen-bond acceptors (Lipinski definition) is 3. The van der Waals surface area contributed by atoms with Gasteiger partial charge in [0.25, 0.3) is 11.8 Å². The zero-order valence-corrected chi connectivity index (χ0v) is 15.1. The average Bonchev–Trinajstić information content (AvgIpc) is 3.14. The van der Waals surface area contributed by atoms with Crippen LogP contribution in [-0.2, 0) is 0 Å². The smallest absolute Gasteiger partial charge is 0.265 e. The number of benzene rings is 2. The van der Waals surface area contributed by atoms with Crippen molar-refractivity contribution in [1.82, 2.24) is 0 Å². The summed E-state index contributed by atoms with van der Waals surface area (Å²) in [4.78, 5) is 25.1. The van der Waals surface area contributed by atoms with Crippen molar-refractivity contribution in [3.8, 4) is 0 Å². The minimum Gasteiger partial charge on any atom is -0.321 e. The van der Waals surface area contributed by atoms with Gasteiger partial charge in [0, 0.05) is 11.3 Å². The molecule has 0 radical (unpaired) electrons. The fourth-order valence-corrected chi connectivity index (χ4v) is 3.10. The summed E-state index contributed by atoms with van der Waals surface area (Å²) in [6, 6.07) is 15.2. The van der Waals surface area contributed by atoms with Crippen molar-refractivity contribution in [3.63, 3.8) is 0 Å². The number of carbonyl (C=O) groups excluding carboxylic acids is 2. The molecule has 0 atom stereocenters. The molecule has 3 rings (SSSR count). The molecule has 2 N–H and O–H groups in total. The van der Waals surface area contributed by atoms with Crippen LogP contribution in [0.2, 0.25) is 10.0 Å². The van der Waals surface area contributed by atoms with E-state index >= 15 is 0 Å². The van der Waals surface area contributed by atoms with Crippen molar-refractivity contribution in [2.45, 2.75) is 0 Å². The van der Waals surface area contributed by atoms with E-state index in [-0.39, 0.29) is 16.8 Å². The number of rotatable bonds is 4. The van der Waals surface area contributed by atoms with E-state index in [4.69, 9.17) is 23.2 Å². The molecular formula is C18H12Cl2N2O2S. The maximum absolute atomic E-state index is 12.4. The molecule has 0 unspecified atom stereocenters. The molecule has 0 aliphatic rings. The largest absolute Gasteiger partial charge is 0.321 e. The lowest BCUT2D eigenvalue weighted by atomic mass is 10.1. The number of amides is 2. The van der Waals surface area contributed by atoms with Crippen LogP contribution in [0.25, 0.3) is 0 Å². The van der Waals surface area contributed by atoms with Gasteiger partial charge in [0.1, 0.15) is 0 Å².